The number of nitrogens with zero attached hydrogens (tertiary/aromatic N) is 2. The summed E-state index contributed by atoms with van der Waals surface area (Å²) in [6.07, 6.45) is 3.93. The molecule has 174 valence electrons. The van der Waals surface area contributed by atoms with Crippen molar-refractivity contribution in [2.45, 2.75) is 43.7 Å². The lowest BCUT2D eigenvalue weighted by Crippen LogP contribution is -2.33. The SMILES string of the molecule is CC[C@H](C)NC(=O)OC[C@H]1CO[C@@H](c2cnc(Nc3ccc(S(N)(=O)=O)cc3F)nc2)C1. The van der Waals surface area contributed by atoms with Gasteiger partial charge in [-0.1, -0.05) is 6.92 Å². The summed E-state index contributed by atoms with van der Waals surface area (Å²) in [6.45, 7) is 4.59. The highest BCUT2D eigenvalue weighted by atomic mass is 32.2. The fraction of sp³-hybridized carbons (Fsp3) is 0.450. The molecule has 1 fully saturated rings. The molecule has 1 aliphatic rings. The number of ether oxygens (including phenoxy) is 2. The molecule has 10 nitrogen and oxygen atoms in total. The van der Waals surface area contributed by atoms with Gasteiger partial charge < -0.3 is 20.1 Å². The second-order valence-corrected chi connectivity index (χ2v) is 9.19. The lowest BCUT2D eigenvalue weighted by molar-refractivity contribution is 0.0931. The molecule has 0 unspecified atom stereocenters. The minimum atomic E-state index is -3.99. The van der Waals surface area contributed by atoms with Gasteiger partial charge in [0.1, 0.15) is 5.82 Å². The number of carbonyl (C=O) groups is 1. The van der Waals surface area contributed by atoms with Crippen LogP contribution in [0.3, 0.4) is 0 Å². The number of benzene rings is 1. The first-order valence-corrected chi connectivity index (χ1v) is 11.7. The summed E-state index contributed by atoms with van der Waals surface area (Å²) in [5.41, 5.74) is 0.752. The molecule has 3 atom stereocenters. The fourth-order valence-electron chi connectivity index (χ4n) is 3.04. The van der Waals surface area contributed by atoms with E-state index < -0.39 is 21.9 Å². The predicted octanol–water partition coefficient (Wildman–Crippen LogP) is 2.61. The Morgan fingerprint density at radius 1 is 1.38 bits per heavy atom. The number of alkyl carbamates (subject to hydrolysis) is 1. The highest BCUT2D eigenvalue weighted by Crippen LogP contribution is 2.32. The Hall–Kier alpha value is -2.83. The van der Waals surface area contributed by atoms with Gasteiger partial charge in [-0.25, -0.2) is 32.7 Å². The molecule has 0 spiro atoms. The number of halogens is 1. The van der Waals surface area contributed by atoms with Crippen LogP contribution < -0.4 is 15.8 Å². The zero-order chi connectivity index (χ0) is 23.3. The summed E-state index contributed by atoms with van der Waals surface area (Å²) in [5.74, 6) is -0.606. The third kappa shape index (κ3) is 6.34. The summed E-state index contributed by atoms with van der Waals surface area (Å²) in [6, 6.07) is 3.31. The molecule has 2 heterocycles. The smallest absolute Gasteiger partial charge is 0.407 e. The number of carbonyl (C=O) groups excluding carboxylic acids is 1. The maximum Gasteiger partial charge on any atom is 0.407 e. The Morgan fingerprint density at radius 2 is 2.09 bits per heavy atom. The van der Waals surface area contributed by atoms with Crippen molar-refractivity contribution in [2.24, 2.45) is 11.1 Å². The van der Waals surface area contributed by atoms with Gasteiger partial charge in [-0.15, -0.1) is 0 Å². The summed E-state index contributed by atoms with van der Waals surface area (Å²) in [5, 5.41) is 10.4. The number of nitrogens with two attached hydrogens (primary N) is 1. The van der Waals surface area contributed by atoms with Crippen molar-refractivity contribution in [1.29, 1.82) is 0 Å². The van der Waals surface area contributed by atoms with Crippen LogP contribution in [0, 0.1) is 11.7 Å². The summed E-state index contributed by atoms with van der Waals surface area (Å²) >= 11 is 0. The van der Waals surface area contributed by atoms with E-state index in [-0.39, 0.29) is 41.2 Å². The molecule has 12 heteroatoms. The molecule has 1 aromatic heterocycles. The monoisotopic (exact) mass is 467 g/mol. The van der Waals surface area contributed by atoms with Gasteiger partial charge in [-0.2, -0.15) is 0 Å². The first-order chi connectivity index (χ1) is 15.2. The summed E-state index contributed by atoms with van der Waals surface area (Å²) in [4.78, 5) is 19.7. The lowest BCUT2D eigenvalue weighted by atomic mass is 10.0. The summed E-state index contributed by atoms with van der Waals surface area (Å²) in [7, 11) is -3.99. The largest absolute Gasteiger partial charge is 0.449 e. The minimum Gasteiger partial charge on any atom is -0.449 e. The van der Waals surface area contributed by atoms with Crippen LogP contribution in [-0.4, -0.2) is 43.7 Å². The van der Waals surface area contributed by atoms with Crippen molar-refractivity contribution in [1.82, 2.24) is 15.3 Å². The molecule has 0 bridgehead atoms. The quantitative estimate of drug-likeness (QED) is 0.537. The number of anilines is 2. The molecule has 4 N–H and O–H groups in total. The van der Waals surface area contributed by atoms with Crippen LogP contribution in [0.5, 0.6) is 0 Å². The van der Waals surface area contributed by atoms with Gasteiger partial charge in [-0.3, -0.25) is 0 Å². The topological polar surface area (TPSA) is 146 Å². The van der Waals surface area contributed by atoms with Crippen LogP contribution in [0.4, 0.5) is 20.8 Å². The first kappa shape index (κ1) is 23.8. The third-order valence-corrected chi connectivity index (χ3v) is 5.98. The Morgan fingerprint density at radius 3 is 2.72 bits per heavy atom. The van der Waals surface area contributed by atoms with Crippen LogP contribution in [0.15, 0.2) is 35.5 Å². The average Bonchev–Trinajstić information content (AvgIpc) is 3.22. The van der Waals surface area contributed by atoms with Crippen molar-refractivity contribution in [3.63, 3.8) is 0 Å². The molecule has 1 aliphatic heterocycles. The average molecular weight is 468 g/mol. The predicted molar refractivity (Wildman–Crippen MR) is 114 cm³/mol. The maximum absolute atomic E-state index is 14.2. The minimum absolute atomic E-state index is 0.00940. The zero-order valence-corrected chi connectivity index (χ0v) is 18.6. The van der Waals surface area contributed by atoms with Crippen LogP contribution in [0.1, 0.15) is 38.4 Å². The number of nitrogens with one attached hydrogen (secondary N) is 2. The lowest BCUT2D eigenvalue weighted by Gasteiger charge is -2.14. The van der Waals surface area contributed by atoms with E-state index in [1.54, 1.807) is 12.4 Å². The highest BCUT2D eigenvalue weighted by molar-refractivity contribution is 7.89. The molecule has 0 aliphatic carbocycles. The van der Waals surface area contributed by atoms with Crippen LogP contribution in [0.2, 0.25) is 0 Å². The molecule has 2 aromatic rings. The highest BCUT2D eigenvalue weighted by Gasteiger charge is 2.28. The molecule has 1 aromatic carbocycles. The molecule has 0 radical (unpaired) electrons. The van der Waals surface area contributed by atoms with Gasteiger partial charge >= 0.3 is 6.09 Å². The standard InChI is InChI=1S/C20H26FN5O5S/c1-3-12(2)25-20(27)31-11-13-6-18(30-10-13)14-8-23-19(24-9-14)26-17-5-4-15(7-16(17)21)32(22,28)29/h4-5,7-9,12-13,18H,3,6,10-11H2,1-2H3,(H,25,27)(H2,22,28,29)(H,23,24,26)/t12-,13+,18+/m0/s1. The Bertz CT molecular complexity index is 1050. The van der Waals surface area contributed by atoms with Crippen molar-refractivity contribution in [2.75, 3.05) is 18.5 Å². The van der Waals surface area contributed by atoms with E-state index in [9.17, 15) is 17.6 Å². The second-order valence-electron chi connectivity index (χ2n) is 7.63. The van der Waals surface area contributed by atoms with Crippen LogP contribution in [0.25, 0.3) is 0 Å². The van der Waals surface area contributed by atoms with E-state index in [1.807, 2.05) is 13.8 Å². The van der Waals surface area contributed by atoms with E-state index in [4.69, 9.17) is 14.6 Å². The summed E-state index contributed by atoms with van der Waals surface area (Å²) < 4.78 is 47.8. The number of hydrogen-bond donors (Lipinski definition) is 3. The Labute approximate surface area is 185 Å². The van der Waals surface area contributed by atoms with E-state index in [2.05, 4.69) is 20.6 Å². The van der Waals surface area contributed by atoms with E-state index in [0.29, 0.717) is 13.0 Å². The van der Waals surface area contributed by atoms with Gasteiger partial charge in [0, 0.05) is 29.9 Å². The van der Waals surface area contributed by atoms with Gasteiger partial charge in [0.2, 0.25) is 16.0 Å². The number of primary sulfonamides is 1. The second kappa shape index (κ2) is 10.2. The van der Waals surface area contributed by atoms with Crippen LogP contribution >= 0.6 is 0 Å². The first-order valence-electron chi connectivity index (χ1n) is 10.1. The van der Waals surface area contributed by atoms with Gasteiger partial charge in [-0.05, 0) is 38.0 Å². The fourth-order valence-corrected chi connectivity index (χ4v) is 3.57. The molecular formula is C20H26FN5O5S. The maximum atomic E-state index is 14.2. The number of hydrogen-bond acceptors (Lipinski definition) is 8. The van der Waals surface area contributed by atoms with Gasteiger partial charge in [0.25, 0.3) is 0 Å². The van der Waals surface area contributed by atoms with Gasteiger partial charge in [0.05, 0.1) is 29.9 Å². The number of sulfonamides is 1. The zero-order valence-electron chi connectivity index (χ0n) is 17.7. The Kier molecular flexibility index (Phi) is 7.59. The molecule has 1 amide bonds. The molecule has 1 saturated heterocycles. The van der Waals surface area contributed by atoms with Crippen molar-refractivity contribution in [3.05, 3.63) is 42.0 Å². The molecule has 3 rings (SSSR count). The van der Waals surface area contributed by atoms with E-state index in [0.717, 1.165) is 18.1 Å². The van der Waals surface area contributed by atoms with E-state index >= 15 is 0 Å². The molecular weight excluding hydrogens is 441 g/mol. The normalized spacial score (nSPS) is 19.4. The number of amides is 1. The van der Waals surface area contributed by atoms with Gasteiger partial charge in [0.15, 0.2) is 0 Å². The van der Waals surface area contributed by atoms with E-state index in [1.165, 1.54) is 12.1 Å². The van der Waals surface area contributed by atoms with Crippen molar-refractivity contribution >= 4 is 27.8 Å². The van der Waals surface area contributed by atoms with Crippen molar-refractivity contribution in [3.8, 4) is 0 Å². The van der Waals surface area contributed by atoms with Crippen molar-refractivity contribution < 1.29 is 27.1 Å². The third-order valence-electron chi connectivity index (χ3n) is 5.07. The number of rotatable bonds is 8. The Balaban J connectivity index is 1.53. The molecule has 32 heavy (non-hydrogen) atoms. The molecule has 0 saturated carbocycles. The van der Waals surface area contributed by atoms with Crippen LogP contribution in [-0.2, 0) is 19.5 Å². The number of aromatic nitrogens is 2.